The number of halogens is 2. The Morgan fingerprint density at radius 2 is 1.59 bits per heavy atom. The van der Waals surface area contributed by atoms with Crippen LogP contribution in [0.5, 0.6) is 0 Å². The summed E-state index contributed by atoms with van der Waals surface area (Å²) in [5, 5.41) is 0. The minimum Gasteiger partial charge on any atom is -0.444 e. The molecule has 7 heteroatoms. The lowest BCUT2D eigenvalue weighted by molar-refractivity contribution is -0.0692. The number of amides is 1. The molecule has 0 aliphatic carbocycles. The summed E-state index contributed by atoms with van der Waals surface area (Å²) in [7, 11) is 0. The quantitative estimate of drug-likeness (QED) is 0.607. The number of hydrogen-bond acceptors (Lipinski definition) is 4. The zero-order valence-corrected chi connectivity index (χ0v) is 20.4. The van der Waals surface area contributed by atoms with Crippen LogP contribution in [0.15, 0.2) is 53.0 Å². The van der Waals surface area contributed by atoms with Gasteiger partial charge in [-0.05, 0) is 69.0 Å². The molecule has 0 bridgehead atoms. The molecule has 4 rings (SSSR count). The number of carbonyl (C=O) groups is 1. The summed E-state index contributed by atoms with van der Waals surface area (Å²) in [5.74, 6) is -0.158. The fourth-order valence-corrected chi connectivity index (χ4v) is 5.15. The van der Waals surface area contributed by atoms with Crippen LogP contribution < -0.4 is 5.73 Å². The highest BCUT2D eigenvalue weighted by Gasteiger charge is 2.51. The van der Waals surface area contributed by atoms with E-state index >= 15 is 0 Å². The zero-order valence-electron chi connectivity index (χ0n) is 18.8. The zero-order chi connectivity index (χ0) is 23.0. The van der Waals surface area contributed by atoms with Crippen molar-refractivity contribution in [1.29, 1.82) is 0 Å². The second kappa shape index (κ2) is 9.12. The minimum atomic E-state index is -0.497. The van der Waals surface area contributed by atoms with Gasteiger partial charge in [-0.25, -0.2) is 9.18 Å². The molecule has 2 heterocycles. The third-order valence-electron chi connectivity index (χ3n) is 6.38. The Labute approximate surface area is 197 Å². The van der Waals surface area contributed by atoms with Crippen LogP contribution in [0.1, 0.15) is 56.7 Å². The van der Waals surface area contributed by atoms with E-state index < -0.39 is 5.60 Å². The second-order valence-electron chi connectivity index (χ2n) is 9.71. The number of piperidine rings is 1. The lowest BCUT2D eigenvalue weighted by Gasteiger charge is -2.58. The number of nitrogens with two attached hydrogens (primary N) is 1. The van der Waals surface area contributed by atoms with Crippen molar-refractivity contribution in [2.75, 3.05) is 13.1 Å². The number of carbonyl (C=O) groups excluding carboxylic acids is 1. The molecular formula is C25H31BrFN3O2. The molecule has 2 aromatic carbocycles. The topological polar surface area (TPSA) is 58.8 Å². The Kier molecular flexibility index (Phi) is 6.61. The molecule has 2 aliphatic rings. The lowest BCUT2D eigenvalue weighted by Crippen LogP contribution is -2.66. The molecule has 32 heavy (non-hydrogen) atoms. The van der Waals surface area contributed by atoms with Crippen LogP contribution in [-0.4, -0.2) is 46.8 Å². The maximum Gasteiger partial charge on any atom is 0.410 e. The van der Waals surface area contributed by atoms with E-state index in [1.54, 1.807) is 4.90 Å². The van der Waals surface area contributed by atoms with E-state index in [1.165, 1.54) is 17.7 Å². The Morgan fingerprint density at radius 1 is 1.03 bits per heavy atom. The number of likely N-dealkylation sites (tertiary alicyclic amines) is 2. The monoisotopic (exact) mass is 503 g/mol. The largest absolute Gasteiger partial charge is 0.444 e. The molecule has 0 aromatic heterocycles. The van der Waals surface area contributed by atoms with Crippen LogP contribution in [0, 0.1) is 5.82 Å². The molecular weight excluding hydrogens is 473 g/mol. The molecule has 5 nitrogen and oxygen atoms in total. The van der Waals surface area contributed by atoms with Crippen molar-refractivity contribution in [1.82, 2.24) is 9.80 Å². The van der Waals surface area contributed by atoms with Gasteiger partial charge in [-0.15, -0.1) is 0 Å². The van der Waals surface area contributed by atoms with Crippen LogP contribution in [0.4, 0.5) is 9.18 Å². The Balaban J connectivity index is 1.52. The van der Waals surface area contributed by atoms with Crippen LogP contribution in [0.2, 0.25) is 0 Å². The fourth-order valence-electron chi connectivity index (χ4n) is 4.89. The summed E-state index contributed by atoms with van der Waals surface area (Å²) < 4.78 is 20.1. The van der Waals surface area contributed by atoms with Crippen molar-refractivity contribution in [2.45, 2.75) is 63.4 Å². The summed E-state index contributed by atoms with van der Waals surface area (Å²) in [6.45, 7) is 6.95. The van der Waals surface area contributed by atoms with Crippen LogP contribution in [0.25, 0.3) is 0 Å². The van der Waals surface area contributed by atoms with Gasteiger partial charge in [-0.3, -0.25) is 4.90 Å². The van der Waals surface area contributed by atoms with Gasteiger partial charge >= 0.3 is 6.09 Å². The standard InChI is InChI=1S/C25H31BrFN3O2/c1-25(2,3)32-24(31)29-14-12-20(13-15-29)30-22(17-4-8-18(26)9-5-17)21(23(30)28)16-6-10-19(27)11-7-16/h4-11,20-23H,12-15,28H2,1-3H3. The molecule has 2 aromatic rings. The van der Waals surface area contributed by atoms with Gasteiger partial charge in [0.1, 0.15) is 11.4 Å². The van der Waals surface area contributed by atoms with Gasteiger partial charge in [-0.2, -0.15) is 0 Å². The molecule has 0 saturated carbocycles. The molecule has 0 spiro atoms. The average Bonchev–Trinajstić information content (AvgIpc) is 2.73. The van der Waals surface area contributed by atoms with Crippen molar-refractivity contribution in [3.8, 4) is 0 Å². The van der Waals surface area contributed by atoms with E-state index in [0.29, 0.717) is 13.1 Å². The summed E-state index contributed by atoms with van der Waals surface area (Å²) in [5.41, 5.74) is 8.47. The smallest absolute Gasteiger partial charge is 0.410 e. The first kappa shape index (κ1) is 23.2. The second-order valence-corrected chi connectivity index (χ2v) is 10.6. The maximum atomic E-state index is 13.5. The van der Waals surface area contributed by atoms with E-state index in [-0.39, 0.29) is 36.1 Å². The first-order valence-corrected chi connectivity index (χ1v) is 12.0. The van der Waals surface area contributed by atoms with E-state index in [9.17, 15) is 9.18 Å². The summed E-state index contributed by atoms with van der Waals surface area (Å²) in [6, 6.07) is 15.4. The van der Waals surface area contributed by atoms with Gasteiger partial charge in [0.15, 0.2) is 0 Å². The highest BCUT2D eigenvalue weighted by Crippen LogP contribution is 2.51. The van der Waals surface area contributed by atoms with E-state index in [2.05, 4.69) is 33.0 Å². The third kappa shape index (κ3) is 4.85. The molecule has 172 valence electrons. The molecule has 2 N–H and O–H groups in total. The number of benzene rings is 2. The average molecular weight is 504 g/mol. The van der Waals surface area contributed by atoms with Crippen molar-refractivity contribution in [2.24, 2.45) is 5.73 Å². The maximum absolute atomic E-state index is 13.5. The van der Waals surface area contributed by atoms with Crippen LogP contribution in [0.3, 0.4) is 0 Å². The molecule has 2 fully saturated rings. The van der Waals surface area contributed by atoms with Gasteiger partial charge in [0.25, 0.3) is 0 Å². The highest BCUT2D eigenvalue weighted by molar-refractivity contribution is 9.10. The van der Waals surface area contributed by atoms with Crippen molar-refractivity contribution >= 4 is 22.0 Å². The van der Waals surface area contributed by atoms with Gasteiger partial charge in [0, 0.05) is 35.6 Å². The number of rotatable bonds is 3. The number of hydrogen-bond donors (Lipinski definition) is 1. The SMILES string of the molecule is CC(C)(C)OC(=O)N1CCC(N2C(N)C(c3ccc(F)cc3)C2c2ccc(Br)cc2)CC1. The minimum absolute atomic E-state index is 0.0839. The van der Waals surface area contributed by atoms with Crippen LogP contribution >= 0.6 is 15.9 Å². The first-order valence-electron chi connectivity index (χ1n) is 11.2. The normalized spacial score (nSPS) is 24.8. The molecule has 2 saturated heterocycles. The Bertz CT molecular complexity index is 937. The van der Waals surface area contributed by atoms with Crippen molar-refractivity contribution in [3.05, 3.63) is 69.9 Å². The van der Waals surface area contributed by atoms with Gasteiger partial charge in [-0.1, -0.05) is 40.2 Å². The molecule has 1 amide bonds. The molecule has 3 atom stereocenters. The first-order chi connectivity index (χ1) is 15.1. The van der Waals surface area contributed by atoms with Crippen molar-refractivity contribution < 1.29 is 13.9 Å². The number of ether oxygens (including phenoxy) is 1. The number of nitrogens with zero attached hydrogens (tertiary/aromatic N) is 2. The summed E-state index contributed by atoms with van der Waals surface area (Å²) in [4.78, 5) is 16.6. The van der Waals surface area contributed by atoms with E-state index in [0.717, 1.165) is 22.9 Å². The molecule has 3 unspecified atom stereocenters. The molecule has 2 aliphatic heterocycles. The van der Waals surface area contributed by atoms with Gasteiger partial charge in [0.05, 0.1) is 6.17 Å². The fraction of sp³-hybridized carbons (Fsp3) is 0.480. The van der Waals surface area contributed by atoms with E-state index in [4.69, 9.17) is 10.5 Å². The summed E-state index contributed by atoms with van der Waals surface area (Å²) >= 11 is 3.52. The Hall–Kier alpha value is -1.96. The van der Waals surface area contributed by atoms with Gasteiger partial charge < -0.3 is 15.4 Å². The van der Waals surface area contributed by atoms with Crippen LogP contribution in [-0.2, 0) is 4.74 Å². The van der Waals surface area contributed by atoms with Crippen molar-refractivity contribution in [3.63, 3.8) is 0 Å². The third-order valence-corrected chi connectivity index (χ3v) is 6.91. The highest BCUT2D eigenvalue weighted by atomic mass is 79.9. The predicted octanol–water partition coefficient (Wildman–Crippen LogP) is 5.41. The van der Waals surface area contributed by atoms with E-state index in [1.807, 2.05) is 45.0 Å². The molecule has 0 radical (unpaired) electrons. The predicted molar refractivity (Wildman–Crippen MR) is 127 cm³/mol. The summed E-state index contributed by atoms with van der Waals surface area (Å²) in [6.07, 6.45) is 1.27. The van der Waals surface area contributed by atoms with Gasteiger partial charge in [0.2, 0.25) is 0 Å². The Morgan fingerprint density at radius 3 is 2.16 bits per heavy atom. The lowest BCUT2D eigenvalue weighted by atomic mass is 9.74.